The predicted molar refractivity (Wildman–Crippen MR) is 70.8 cm³/mol. The highest BCUT2D eigenvalue weighted by Gasteiger charge is 2.16. The Hall–Kier alpha value is -1.09. The van der Waals surface area contributed by atoms with Crippen LogP contribution in [-0.4, -0.2) is 15.8 Å². The van der Waals surface area contributed by atoms with Crippen LogP contribution in [0.2, 0.25) is 0 Å². The highest BCUT2D eigenvalue weighted by atomic mass is 15.3. The van der Waals surface area contributed by atoms with Crippen molar-refractivity contribution < 1.29 is 0 Å². The van der Waals surface area contributed by atoms with E-state index in [0.29, 0.717) is 6.04 Å². The minimum Gasteiger partial charge on any atom is -0.327 e. The monoisotopic (exact) mass is 233 g/mol. The summed E-state index contributed by atoms with van der Waals surface area (Å²) < 4.78 is 2.15. The van der Waals surface area contributed by atoms with E-state index in [2.05, 4.69) is 28.6 Å². The summed E-state index contributed by atoms with van der Waals surface area (Å²) in [5.74, 6) is 0. The third kappa shape index (κ3) is 3.43. The summed E-state index contributed by atoms with van der Waals surface area (Å²) in [5.41, 5.74) is 7.10. The molecule has 1 aromatic rings. The van der Waals surface area contributed by atoms with Gasteiger partial charge < -0.3 is 5.73 Å². The van der Waals surface area contributed by atoms with Crippen LogP contribution in [0.3, 0.4) is 0 Å². The lowest BCUT2D eigenvalue weighted by atomic mass is 9.96. The fourth-order valence-electron chi connectivity index (χ4n) is 2.60. The lowest BCUT2D eigenvalue weighted by molar-refractivity contribution is 0.328. The lowest BCUT2D eigenvalue weighted by Gasteiger charge is -2.21. The maximum Gasteiger partial charge on any atom is 0.0640 e. The molecule has 1 heterocycles. The fraction of sp³-hybridized carbons (Fsp3) is 0.643. The zero-order chi connectivity index (χ0) is 12.1. The first-order valence-corrected chi connectivity index (χ1v) is 6.70. The zero-order valence-electron chi connectivity index (χ0n) is 10.5. The molecule has 3 heteroatoms. The van der Waals surface area contributed by atoms with Gasteiger partial charge in [-0.2, -0.15) is 5.10 Å². The number of hydrogen-bond acceptors (Lipinski definition) is 2. The van der Waals surface area contributed by atoms with E-state index in [0.717, 1.165) is 18.5 Å². The van der Waals surface area contributed by atoms with Crippen molar-refractivity contribution in [3.63, 3.8) is 0 Å². The van der Waals surface area contributed by atoms with Crippen molar-refractivity contribution in [3.8, 4) is 0 Å². The molecule has 0 aliphatic heterocycles. The van der Waals surface area contributed by atoms with Crippen LogP contribution in [0.25, 0.3) is 0 Å². The molecule has 1 fully saturated rings. The Bertz CT molecular complexity index is 350. The molecule has 0 spiro atoms. The summed E-state index contributed by atoms with van der Waals surface area (Å²) in [5, 5.41) is 4.66. The second-order valence-corrected chi connectivity index (χ2v) is 5.07. The Labute approximate surface area is 104 Å². The molecule has 1 saturated carbocycles. The van der Waals surface area contributed by atoms with Gasteiger partial charge in [-0.1, -0.05) is 25.3 Å². The summed E-state index contributed by atoms with van der Waals surface area (Å²) in [7, 11) is 0. The van der Waals surface area contributed by atoms with Crippen molar-refractivity contribution in [2.45, 2.75) is 57.0 Å². The second kappa shape index (κ2) is 6.01. The van der Waals surface area contributed by atoms with Gasteiger partial charge in [-0.05, 0) is 25.3 Å². The molecule has 0 bridgehead atoms. The standard InChI is InChI=1S/C14H23N3/c1-2-6-12(15)11-13-9-10-17(16-13)14-7-4-3-5-8-14/h2,9-10,12,14H,1,3-8,11,15H2. The Morgan fingerprint density at radius 1 is 1.47 bits per heavy atom. The summed E-state index contributed by atoms with van der Waals surface area (Å²) in [4.78, 5) is 0. The van der Waals surface area contributed by atoms with Crippen molar-refractivity contribution >= 4 is 0 Å². The summed E-state index contributed by atoms with van der Waals surface area (Å²) in [6.45, 7) is 3.72. The molecule has 0 amide bonds. The predicted octanol–water partition coefficient (Wildman–Crippen LogP) is 2.83. The average molecular weight is 233 g/mol. The maximum absolute atomic E-state index is 5.98. The molecule has 0 radical (unpaired) electrons. The number of aromatic nitrogens is 2. The Balaban J connectivity index is 1.92. The third-order valence-corrected chi connectivity index (χ3v) is 3.55. The quantitative estimate of drug-likeness (QED) is 0.795. The van der Waals surface area contributed by atoms with E-state index in [4.69, 9.17) is 5.73 Å². The first-order chi connectivity index (χ1) is 8.29. The minimum atomic E-state index is 0.155. The number of hydrogen-bond donors (Lipinski definition) is 1. The minimum absolute atomic E-state index is 0.155. The van der Waals surface area contributed by atoms with Gasteiger partial charge in [-0.3, -0.25) is 4.68 Å². The van der Waals surface area contributed by atoms with Crippen LogP contribution < -0.4 is 5.73 Å². The number of rotatable bonds is 5. The second-order valence-electron chi connectivity index (χ2n) is 5.07. The molecule has 2 rings (SSSR count). The van der Waals surface area contributed by atoms with Gasteiger partial charge >= 0.3 is 0 Å². The van der Waals surface area contributed by atoms with Gasteiger partial charge in [-0.15, -0.1) is 6.58 Å². The van der Waals surface area contributed by atoms with Gasteiger partial charge in [0.05, 0.1) is 11.7 Å². The molecule has 17 heavy (non-hydrogen) atoms. The van der Waals surface area contributed by atoms with E-state index in [9.17, 15) is 0 Å². The summed E-state index contributed by atoms with van der Waals surface area (Å²) >= 11 is 0. The Morgan fingerprint density at radius 2 is 2.24 bits per heavy atom. The molecule has 1 aliphatic rings. The topological polar surface area (TPSA) is 43.8 Å². The Morgan fingerprint density at radius 3 is 2.94 bits per heavy atom. The molecule has 1 atom stereocenters. The average Bonchev–Trinajstić information content (AvgIpc) is 2.79. The first-order valence-electron chi connectivity index (χ1n) is 6.70. The smallest absolute Gasteiger partial charge is 0.0640 e. The molecule has 0 aromatic carbocycles. The fourth-order valence-corrected chi connectivity index (χ4v) is 2.60. The third-order valence-electron chi connectivity index (χ3n) is 3.55. The summed E-state index contributed by atoms with van der Waals surface area (Å²) in [6.07, 6.45) is 12.3. The van der Waals surface area contributed by atoms with Crippen LogP contribution in [0.5, 0.6) is 0 Å². The molecule has 94 valence electrons. The van der Waals surface area contributed by atoms with Gasteiger partial charge in [0.2, 0.25) is 0 Å². The molecular weight excluding hydrogens is 210 g/mol. The maximum atomic E-state index is 5.98. The van der Waals surface area contributed by atoms with E-state index >= 15 is 0 Å². The highest BCUT2D eigenvalue weighted by Crippen LogP contribution is 2.27. The van der Waals surface area contributed by atoms with Crippen molar-refractivity contribution in [2.24, 2.45) is 5.73 Å². The van der Waals surface area contributed by atoms with E-state index in [-0.39, 0.29) is 6.04 Å². The Kier molecular flexibility index (Phi) is 4.37. The van der Waals surface area contributed by atoms with Gasteiger partial charge in [0, 0.05) is 18.7 Å². The van der Waals surface area contributed by atoms with Crippen LogP contribution in [0.4, 0.5) is 0 Å². The molecule has 1 aromatic heterocycles. The number of nitrogens with zero attached hydrogens (tertiary/aromatic N) is 2. The zero-order valence-corrected chi connectivity index (χ0v) is 10.5. The van der Waals surface area contributed by atoms with Crippen molar-refractivity contribution in [3.05, 3.63) is 30.6 Å². The highest BCUT2D eigenvalue weighted by molar-refractivity contribution is 5.03. The van der Waals surface area contributed by atoms with Gasteiger partial charge in [0.1, 0.15) is 0 Å². The molecule has 3 nitrogen and oxygen atoms in total. The molecular formula is C14H23N3. The molecule has 1 unspecified atom stereocenters. The normalized spacial score (nSPS) is 19.1. The van der Waals surface area contributed by atoms with Gasteiger partial charge in [0.15, 0.2) is 0 Å². The lowest BCUT2D eigenvalue weighted by Crippen LogP contribution is -2.22. The molecule has 1 aliphatic carbocycles. The summed E-state index contributed by atoms with van der Waals surface area (Å²) in [6, 6.07) is 2.88. The van der Waals surface area contributed by atoms with Crippen LogP contribution in [-0.2, 0) is 6.42 Å². The van der Waals surface area contributed by atoms with Crippen LogP contribution >= 0.6 is 0 Å². The van der Waals surface area contributed by atoms with Crippen LogP contribution in [0, 0.1) is 0 Å². The SMILES string of the molecule is C=CCC(N)Cc1ccn(C2CCCCC2)n1. The molecule has 0 saturated heterocycles. The van der Waals surface area contributed by atoms with Gasteiger partial charge in [0.25, 0.3) is 0 Å². The van der Waals surface area contributed by atoms with Crippen molar-refractivity contribution in [1.82, 2.24) is 9.78 Å². The largest absolute Gasteiger partial charge is 0.327 e. The van der Waals surface area contributed by atoms with Crippen molar-refractivity contribution in [2.75, 3.05) is 0 Å². The van der Waals surface area contributed by atoms with E-state index in [1.165, 1.54) is 32.1 Å². The van der Waals surface area contributed by atoms with E-state index < -0.39 is 0 Å². The van der Waals surface area contributed by atoms with Crippen LogP contribution in [0.15, 0.2) is 24.9 Å². The van der Waals surface area contributed by atoms with Crippen LogP contribution in [0.1, 0.15) is 50.3 Å². The van der Waals surface area contributed by atoms with Gasteiger partial charge in [-0.25, -0.2) is 0 Å². The van der Waals surface area contributed by atoms with Crippen molar-refractivity contribution in [1.29, 1.82) is 0 Å². The van der Waals surface area contributed by atoms with E-state index in [1.807, 2.05) is 6.08 Å². The van der Waals surface area contributed by atoms with E-state index in [1.54, 1.807) is 0 Å². The first kappa shape index (κ1) is 12.4. The molecule has 2 N–H and O–H groups in total. The number of nitrogens with two attached hydrogens (primary N) is 1.